The zero-order valence-electron chi connectivity index (χ0n) is 10.2. The first-order valence-electron chi connectivity index (χ1n) is 5.84. The van der Waals surface area contributed by atoms with Crippen LogP contribution in [0.4, 0.5) is 14.5 Å². The van der Waals surface area contributed by atoms with Crippen molar-refractivity contribution < 1.29 is 13.6 Å². The van der Waals surface area contributed by atoms with Crippen LogP contribution in [0.1, 0.15) is 10.5 Å². The maximum atomic E-state index is 13.5. The fourth-order valence-electron chi connectivity index (χ4n) is 1.88. The summed E-state index contributed by atoms with van der Waals surface area (Å²) in [5.74, 6) is -2.29. The number of halogens is 2. The molecule has 0 aliphatic carbocycles. The van der Waals surface area contributed by atoms with Gasteiger partial charge in [-0.25, -0.2) is 13.8 Å². The van der Waals surface area contributed by atoms with E-state index in [1.54, 1.807) is 24.4 Å². The van der Waals surface area contributed by atoms with Crippen molar-refractivity contribution in [2.75, 3.05) is 5.32 Å². The van der Waals surface area contributed by atoms with Gasteiger partial charge in [-0.15, -0.1) is 0 Å². The Balaban J connectivity index is 1.93. The van der Waals surface area contributed by atoms with Gasteiger partial charge in [0.1, 0.15) is 28.7 Å². The molecular weight excluding hydrogens is 264 g/mol. The van der Waals surface area contributed by atoms with Gasteiger partial charge in [-0.05, 0) is 30.3 Å². The van der Waals surface area contributed by atoms with Gasteiger partial charge in [-0.1, -0.05) is 6.07 Å². The summed E-state index contributed by atoms with van der Waals surface area (Å²) in [6.45, 7) is 0. The summed E-state index contributed by atoms with van der Waals surface area (Å²) in [7, 11) is 0. The van der Waals surface area contributed by atoms with Gasteiger partial charge in [0.15, 0.2) is 0 Å². The molecule has 6 heteroatoms. The standard InChI is InChI=1S/C14H9F2N3O/c15-9-4-1-5-10(16)12(9)19-14(20)11-7-8-3-2-6-17-13(8)18-11/h1-7H,(H,17,18)(H,19,20). The summed E-state index contributed by atoms with van der Waals surface area (Å²) in [6.07, 6.45) is 1.58. The molecule has 0 radical (unpaired) electrons. The molecule has 3 aromatic rings. The minimum Gasteiger partial charge on any atom is -0.335 e. The first kappa shape index (κ1) is 12.3. The number of nitrogens with one attached hydrogen (secondary N) is 2. The van der Waals surface area contributed by atoms with Gasteiger partial charge in [0.2, 0.25) is 0 Å². The number of H-pyrrole nitrogens is 1. The van der Waals surface area contributed by atoms with Gasteiger partial charge in [0, 0.05) is 11.6 Å². The van der Waals surface area contributed by atoms with E-state index in [1.807, 2.05) is 0 Å². The van der Waals surface area contributed by atoms with E-state index >= 15 is 0 Å². The predicted molar refractivity (Wildman–Crippen MR) is 70.4 cm³/mol. The molecule has 2 aromatic heterocycles. The van der Waals surface area contributed by atoms with Crippen LogP contribution in [0.25, 0.3) is 11.0 Å². The summed E-state index contributed by atoms with van der Waals surface area (Å²) in [5, 5.41) is 2.95. The quantitative estimate of drug-likeness (QED) is 0.753. The molecule has 4 nitrogen and oxygen atoms in total. The van der Waals surface area contributed by atoms with E-state index in [4.69, 9.17) is 0 Å². The molecule has 1 amide bonds. The third-order valence-corrected chi connectivity index (χ3v) is 2.84. The highest BCUT2D eigenvalue weighted by atomic mass is 19.1. The fraction of sp³-hybridized carbons (Fsp3) is 0. The van der Waals surface area contributed by atoms with Gasteiger partial charge < -0.3 is 10.3 Å². The summed E-state index contributed by atoms with van der Waals surface area (Å²) in [5.41, 5.74) is 0.247. The lowest BCUT2D eigenvalue weighted by atomic mass is 10.2. The van der Waals surface area contributed by atoms with Crippen LogP contribution in [-0.2, 0) is 0 Å². The van der Waals surface area contributed by atoms with Crippen molar-refractivity contribution >= 4 is 22.6 Å². The fourth-order valence-corrected chi connectivity index (χ4v) is 1.88. The Morgan fingerprint density at radius 2 is 1.90 bits per heavy atom. The molecule has 0 fully saturated rings. The number of amides is 1. The molecule has 0 spiro atoms. The van der Waals surface area contributed by atoms with E-state index in [0.717, 1.165) is 17.5 Å². The number of benzene rings is 1. The van der Waals surface area contributed by atoms with E-state index < -0.39 is 23.2 Å². The number of pyridine rings is 1. The van der Waals surface area contributed by atoms with Crippen LogP contribution in [0.15, 0.2) is 42.6 Å². The average molecular weight is 273 g/mol. The molecule has 0 saturated heterocycles. The third kappa shape index (κ3) is 2.11. The lowest BCUT2D eigenvalue weighted by molar-refractivity contribution is 0.102. The van der Waals surface area contributed by atoms with Gasteiger partial charge >= 0.3 is 0 Å². The number of para-hydroxylation sites is 1. The highest BCUT2D eigenvalue weighted by Crippen LogP contribution is 2.19. The smallest absolute Gasteiger partial charge is 0.272 e. The number of fused-ring (bicyclic) bond motifs is 1. The Kier molecular flexibility index (Phi) is 2.90. The third-order valence-electron chi connectivity index (χ3n) is 2.84. The van der Waals surface area contributed by atoms with Crippen molar-refractivity contribution in [1.29, 1.82) is 0 Å². The molecule has 0 atom stereocenters. The lowest BCUT2D eigenvalue weighted by Gasteiger charge is -2.05. The molecule has 2 heterocycles. The second kappa shape index (κ2) is 4.73. The van der Waals surface area contributed by atoms with E-state index in [2.05, 4.69) is 15.3 Å². The maximum Gasteiger partial charge on any atom is 0.272 e. The number of hydrogen-bond donors (Lipinski definition) is 2. The van der Waals surface area contributed by atoms with Crippen LogP contribution < -0.4 is 5.32 Å². The second-order valence-electron chi connectivity index (χ2n) is 4.18. The molecule has 3 rings (SSSR count). The maximum absolute atomic E-state index is 13.5. The first-order valence-corrected chi connectivity index (χ1v) is 5.84. The molecule has 0 bridgehead atoms. The number of rotatable bonds is 2. The Labute approximate surface area is 112 Å². The Hall–Kier alpha value is -2.76. The number of aromatic amines is 1. The van der Waals surface area contributed by atoms with E-state index in [1.165, 1.54) is 6.07 Å². The number of nitrogens with zero attached hydrogens (tertiary/aromatic N) is 1. The van der Waals surface area contributed by atoms with Gasteiger partial charge in [0.25, 0.3) is 5.91 Å². The summed E-state index contributed by atoms with van der Waals surface area (Å²) < 4.78 is 26.9. The van der Waals surface area contributed by atoms with Gasteiger partial charge in [-0.3, -0.25) is 4.79 Å². The van der Waals surface area contributed by atoms with E-state index in [0.29, 0.717) is 5.65 Å². The molecule has 0 unspecified atom stereocenters. The molecule has 0 aliphatic heterocycles. The van der Waals surface area contributed by atoms with Crippen LogP contribution >= 0.6 is 0 Å². The predicted octanol–water partition coefficient (Wildman–Crippen LogP) is 3.09. The molecule has 1 aromatic carbocycles. The van der Waals surface area contributed by atoms with E-state index in [9.17, 15) is 13.6 Å². The molecule has 2 N–H and O–H groups in total. The minimum atomic E-state index is -0.826. The Morgan fingerprint density at radius 1 is 1.15 bits per heavy atom. The summed E-state index contributed by atoms with van der Waals surface area (Å²) in [4.78, 5) is 18.8. The van der Waals surface area contributed by atoms with Crippen molar-refractivity contribution in [3.63, 3.8) is 0 Å². The number of aromatic nitrogens is 2. The summed E-state index contributed by atoms with van der Waals surface area (Å²) >= 11 is 0. The van der Waals surface area contributed by atoms with Crippen LogP contribution in [0.5, 0.6) is 0 Å². The zero-order valence-corrected chi connectivity index (χ0v) is 10.2. The highest BCUT2D eigenvalue weighted by molar-refractivity contribution is 6.05. The minimum absolute atomic E-state index is 0.182. The van der Waals surface area contributed by atoms with Gasteiger partial charge in [-0.2, -0.15) is 0 Å². The lowest BCUT2D eigenvalue weighted by Crippen LogP contribution is -2.14. The first-order chi connectivity index (χ1) is 9.65. The van der Waals surface area contributed by atoms with Crippen LogP contribution in [0.2, 0.25) is 0 Å². The Morgan fingerprint density at radius 3 is 2.60 bits per heavy atom. The van der Waals surface area contributed by atoms with Gasteiger partial charge in [0.05, 0.1) is 0 Å². The SMILES string of the molecule is O=C(Nc1c(F)cccc1F)c1cc2cccnc2[nH]1. The highest BCUT2D eigenvalue weighted by Gasteiger charge is 2.15. The van der Waals surface area contributed by atoms with Crippen molar-refractivity contribution in [2.45, 2.75) is 0 Å². The summed E-state index contributed by atoms with van der Waals surface area (Å²) in [6, 6.07) is 8.45. The molecule has 0 saturated carbocycles. The monoisotopic (exact) mass is 273 g/mol. The van der Waals surface area contributed by atoms with E-state index in [-0.39, 0.29) is 5.69 Å². The van der Waals surface area contributed by atoms with Crippen LogP contribution in [0.3, 0.4) is 0 Å². The normalized spacial score (nSPS) is 10.7. The second-order valence-corrected chi connectivity index (χ2v) is 4.18. The molecule has 20 heavy (non-hydrogen) atoms. The molecule has 100 valence electrons. The number of anilines is 1. The van der Waals surface area contributed by atoms with Crippen LogP contribution in [-0.4, -0.2) is 15.9 Å². The van der Waals surface area contributed by atoms with Crippen LogP contribution in [0, 0.1) is 11.6 Å². The largest absolute Gasteiger partial charge is 0.335 e. The molecular formula is C14H9F2N3O. The Bertz CT molecular complexity index is 745. The zero-order chi connectivity index (χ0) is 14.1. The topological polar surface area (TPSA) is 57.8 Å². The van der Waals surface area contributed by atoms with Crippen molar-refractivity contribution in [3.8, 4) is 0 Å². The number of hydrogen-bond acceptors (Lipinski definition) is 2. The van der Waals surface area contributed by atoms with Crippen molar-refractivity contribution in [2.24, 2.45) is 0 Å². The van der Waals surface area contributed by atoms with Crippen molar-refractivity contribution in [3.05, 3.63) is 59.9 Å². The number of carbonyl (C=O) groups excluding carboxylic acids is 1. The average Bonchev–Trinajstić information content (AvgIpc) is 2.87. The van der Waals surface area contributed by atoms with Crippen molar-refractivity contribution in [1.82, 2.24) is 9.97 Å². The number of carbonyl (C=O) groups is 1. The molecule has 0 aliphatic rings.